The number of hydrogen-bond donors (Lipinski definition) is 0. The predicted octanol–water partition coefficient (Wildman–Crippen LogP) is 17.8. The number of rotatable bonds is 8. The third-order valence-electron chi connectivity index (χ3n) is 12.0. The molecule has 0 fully saturated rings. The minimum Gasteiger partial charge on any atom is -0.309 e. The first kappa shape index (κ1) is 36.4. The number of hydrogen-bond acceptors (Lipinski definition) is 4. The molecule has 0 saturated heterocycles. The quantitative estimate of drug-likeness (QED) is 0.151. The van der Waals surface area contributed by atoms with Crippen LogP contribution in [0.1, 0.15) is 0 Å². The van der Waals surface area contributed by atoms with E-state index in [9.17, 15) is 0 Å². The molecular weight excluding hydrogens is 789 g/mol. The van der Waals surface area contributed by atoms with E-state index in [1.165, 1.54) is 67.8 Å². The molecule has 2 aromatic heterocycles. The van der Waals surface area contributed by atoms with Crippen molar-refractivity contribution in [3.63, 3.8) is 0 Å². The first-order chi connectivity index (χ1) is 30.8. The van der Waals surface area contributed by atoms with Gasteiger partial charge in [0.1, 0.15) is 0 Å². The second-order valence-corrected chi connectivity index (χ2v) is 17.8. The third-order valence-corrected chi connectivity index (χ3v) is 14.3. The molecule has 0 N–H and O–H groups in total. The fourth-order valence-corrected chi connectivity index (χ4v) is 11.6. The van der Waals surface area contributed by atoms with Gasteiger partial charge in [0.25, 0.3) is 0 Å². The van der Waals surface area contributed by atoms with Crippen LogP contribution in [0.4, 0.5) is 34.1 Å². The highest BCUT2D eigenvalue weighted by molar-refractivity contribution is 7.26. The minimum absolute atomic E-state index is 1.10. The normalized spacial score (nSPS) is 11.5. The van der Waals surface area contributed by atoms with Gasteiger partial charge in [0.05, 0.1) is 22.7 Å². The van der Waals surface area contributed by atoms with Crippen molar-refractivity contribution in [3.8, 4) is 22.3 Å². The van der Waals surface area contributed by atoms with E-state index in [4.69, 9.17) is 0 Å². The summed E-state index contributed by atoms with van der Waals surface area (Å²) in [5, 5.41) is 7.42. The zero-order valence-corrected chi connectivity index (χ0v) is 35.3. The number of para-hydroxylation sites is 2. The van der Waals surface area contributed by atoms with Crippen molar-refractivity contribution < 1.29 is 0 Å². The fraction of sp³-hybridized carbons (Fsp3) is 0. The van der Waals surface area contributed by atoms with E-state index in [0.717, 1.165) is 39.7 Å². The van der Waals surface area contributed by atoms with Crippen molar-refractivity contribution >= 4 is 108 Å². The Bertz CT molecular complexity index is 3580. The second kappa shape index (κ2) is 15.2. The number of nitrogens with zero attached hydrogens (tertiary/aromatic N) is 2. The average molecular weight is 827 g/mol. The van der Waals surface area contributed by atoms with Gasteiger partial charge < -0.3 is 9.80 Å². The van der Waals surface area contributed by atoms with Crippen molar-refractivity contribution in [1.82, 2.24) is 0 Å². The smallest absolute Gasteiger partial charge is 0.0555 e. The van der Waals surface area contributed by atoms with Crippen LogP contribution < -0.4 is 9.80 Å². The summed E-state index contributed by atoms with van der Waals surface area (Å²) >= 11 is 3.72. The third kappa shape index (κ3) is 6.07. The Hall–Kier alpha value is -7.50. The fourth-order valence-electron chi connectivity index (χ4n) is 9.33. The van der Waals surface area contributed by atoms with Crippen LogP contribution in [0.15, 0.2) is 231 Å². The van der Waals surface area contributed by atoms with Gasteiger partial charge in [-0.2, -0.15) is 0 Å². The number of anilines is 6. The van der Waals surface area contributed by atoms with E-state index in [1.54, 1.807) is 0 Å². The summed E-state index contributed by atoms with van der Waals surface area (Å²) in [4.78, 5) is 4.99. The first-order valence-corrected chi connectivity index (χ1v) is 22.6. The lowest BCUT2D eigenvalue weighted by molar-refractivity contribution is 1.30. The average Bonchev–Trinajstić information content (AvgIpc) is 3.92. The van der Waals surface area contributed by atoms with Gasteiger partial charge in [-0.05, 0) is 101 Å². The van der Waals surface area contributed by atoms with E-state index in [1.807, 2.05) is 22.7 Å². The van der Waals surface area contributed by atoms with Crippen LogP contribution in [-0.4, -0.2) is 0 Å². The lowest BCUT2D eigenvalue weighted by Gasteiger charge is -2.31. The van der Waals surface area contributed by atoms with Crippen LogP contribution in [0.25, 0.3) is 73.4 Å². The van der Waals surface area contributed by atoms with Crippen molar-refractivity contribution in [3.05, 3.63) is 231 Å². The molecule has 0 aliphatic rings. The number of thiophene rings is 2. The van der Waals surface area contributed by atoms with Crippen LogP contribution >= 0.6 is 22.7 Å². The molecule has 0 unspecified atom stereocenters. The summed E-state index contributed by atoms with van der Waals surface area (Å²) in [5.74, 6) is 0. The minimum atomic E-state index is 1.10. The standard InChI is InChI=1S/C58H38N2S2/c1-5-19-39(20-6-1)46-37-41-35-36-50(59(42-23-9-3-10-24-42)48-29-17-33-54-57(48)44-27-13-15-31-52(44)61-54)56(40-21-7-2-8-22-40)47(41)38-51(46)60(43-25-11-4-12-26-43)49-30-18-34-55-58(49)45-28-14-16-32-53(45)62-55/h1-38H. The molecule has 12 aromatic rings. The molecule has 10 aromatic carbocycles. The zero-order valence-electron chi connectivity index (χ0n) is 33.7. The van der Waals surface area contributed by atoms with Gasteiger partial charge in [-0.15, -0.1) is 22.7 Å². The second-order valence-electron chi connectivity index (χ2n) is 15.6. The van der Waals surface area contributed by atoms with E-state index in [0.29, 0.717) is 0 Å². The molecule has 292 valence electrons. The Labute approximate surface area is 368 Å². The molecule has 0 aliphatic heterocycles. The Morgan fingerprint density at radius 1 is 0.290 bits per heavy atom. The largest absolute Gasteiger partial charge is 0.309 e. The van der Waals surface area contributed by atoms with Gasteiger partial charge in [0, 0.05) is 62.8 Å². The highest BCUT2D eigenvalue weighted by Gasteiger charge is 2.26. The maximum absolute atomic E-state index is 2.50. The van der Waals surface area contributed by atoms with Gasteiger partial charge in [-0.1, -0.05) is 152 Å². The molecular formula is C58H38N2S2. The summed E-state index contributed by atoms with van der Waals surface area (Å²) in [7, 11) is 0. The zero-order chi connectivity index (χ0) is 41.0. The van der Waals surface area contributed by atoms with Crippen LogP contribution in [0.3, 0.4) is 0 Å². The molecule has 4 heteroatoms. The van der Waals surface area contributed by atoms with Crippen LogP contribution in [-0.2, 0) is 0 Å². The SMILES string of the molecule is c1ccc(-c2cc3ccc(N(c4ccccc4)c4cccc5sc6ccccc6c45)c(-c4ccccc4)c3cc2N(c2ccccc2)c2cccc3sc4ccccc4c23)cc1. The maximum Gasteiger partial charge on any atom is 0.0555 e. The summed E-state index contributed by atoms with van der Waals surface area (Å²) in [6, 6.07) is 84.3. The lowest BCUT2D eigenvalue weighted by Crippen LogP contribution is -2.13. The molecule has 0 amide bonds. The van der Waals surface area contributed by atoms with Crippen molar-refractivity contribution in [1.29, 1.82) is 0 Å². The summed E-state index contributed by atoms with van der Waals surface area (Å²) in [5.41, 5.74) is 11.4. The summed E-state index contributed by atoms with van der Waals surface area (Å²) in [6.07, 6.45) is 0. The molecule has 0 atom stereocenters. The molecule has 2 heterocycles. The molecule has 0 aliphatic carbocycles. The van der Waals surface area contributed by atoms with E-state index >= 15 is 0 Å². The van der Waals surface area contributed by atoms with Crippen LogP contribution in [0.5, 0.6) is 0 Å². The van der Waals surface area contributed by atoms with Crippen LogP contribution in [0.2, 0.25) is 0 Å². The molecule has 0 spiro atoms. The van der Waals surface area contributed by atoms with E-state index < -0.39 is 0 Å². The highest BCUT2D eigenvalue weighted by atomic mass is 32.1. The van der Waals surface area contributed by atoms with Gasteiger partial charge in [-0.25, -0.2) is 0 Å². The lowest BCUT2D eigenvalue weighted by atomic mass is 9.91. The van der Waals surface area contributed by atoms with E-state index in [2.05, 4.69) is 240 Å². The van der Waals surface area contributed by atoms with Crippen LogP contribution in [0, 0.1) is 0 Å². The first-order valence-electron chi connectivity index (χ1n) is 21.0. The van der Waals surface area contributed by atoms with Gasteiger partial charge >= 0.3 is 0 Å². The number of fused-ring (bicyclic) bond motifs is 7. The molecule has 12 rings (SSSR count). The Morgan fingerprint density at radius 3 is 1.29 bits per heavy atom. The highest BCUT2D eigenvalue weighted by Crippen LogP contribution is 2.52. The van der Waals surface area contributed by atoms with Crippen molar-refractivity contribution in [2.45, 2.75) is 0 Å². The Kier molecular flexibility index (Phi) is 8.91. The summed E-state index contributed by atoms with van der Waals surface area (Å²) < 4.78 is 5.12. The maximum atomic E-state index is 2.50. The predicted molar refractivity (Wildman–Crippen MR) is 270 cm³/mol. The topological polar surface area (TPSA) is 6.48 Å². The van der Waals surface area contributed by atoms with Crippen molar-refractivity contribution in [2.24, 2.45) is 0 Å². The Morgan fingerprint density at radius 2 is 0.742 bits per heavy atom. The Balaban J connectivity index is 1.21. The molecule has 2 nitrogen and oxygen atoms in total. The molecule has 0 saturated carbocycles. The molecule has 0 bridgehead atoms. The van der Waals surface area contributed by atoms with Gasteiger partial charge in [0.15, 0.2) is 0 Å². The van der Waals surface area contributed by atoms with Gasteiger partial charge in [0.2, 0.25) is 0 Å². The number of benzene rings is 10. The molecule has 62 heavy (non-hydrogen) atoms. The summed E-state index contributed by atoms with van der Waals surface area (Å²) in [6.45, 7) is 0. The monoisotopic (exact) mass is 826 g/mol. The van der Waals surface area contributed by atoms with E-state index in [-0.39, 0.29) is 0 Å². The van der Waals surface area contributed by atoms with Gasteiger partial charge in [-0.3, -0.25) is 0 Å². The van der Waals surface area contributed by atoms with Crippen molar-refractivity contribution in [2.75, 3.05) is 9.80 Å². The molecule has 0 radical (unpaired) electrons.